The molecule has 0 unspecified atom stereocenters. The van der Waals surface area contributed by atoms with Crippen LogP contribution in [0.15, 0.2) is 29.2 Å². The van der Waals surface area contributed by atoms with Crippen LogP contribution in [0.1, 0.15) is 31.7 Å². The fourth-order valence-corrected chi connectivity index (χ4v) is 6.09. The quantitative estimate of drug-likeness (QED) is 0.596. The van der Waals surface area contributed by atoms with Crippen LogP contribution in [0.4, 0.5) is 5.13 Å². The smallest absolute Gasteiger partial charge is 0.208 e. The molecule has 29 heavy (non-hydrogen) atoms. The number of thiophene rings is 1. The van der Waals surface area contributed by atoms with Crippen molar-refractivity contribution >= 4 is 27.8 Å². The first kappa shape index (κ1) is 18.0. The molecule has 4 heterocycles. The number of aromatic nitrogens is 5. The molecule has 152 valence electrons. The Balaban J connectivity index is 1.23. The van der Waals surface area contributed by atoms with Crippen LogP contribution < -0.4 is 4.90 Å². The monoisotopic (exact) mass is 428 g/mol. The first-order valence-corrected chi connectivity index (χ1v) is 12.2. The molecule has 1 aliphatic heterocycles. The van der Waals surface area contributed by atoms with Gasteiger partial charge in [-0.3, -0.25) is 0 Å². The van der Waals surface area contributed by atoms with Crippen molar-refractivity contribution < 1.29 is 4.74 Å². The number of ether oxygens (including phenoxy) is 1. The molecule has 3 fully saturated rings. The van der Waals surface area contributed by atoms with Gasteiger partial charge in [0.05, 0.1) is 23.2 Å². The molecule has 7 nitrogen and oxygen atoms in total. The van der Waals surface area contributed by atoms with Crippen LogP contribution in [-0.4, -0.2) is 51.0 Å². The molecule has 0 N–H and O–H groups in total. The lowest BCUT2D eigenvalue weighted by Gasteiger charge is -2.37. The van der Waals surface area contributed by atoms with E-state index in [-0.39, 0.29) is 12.1 Å². The topological polar surface area (TPSA) is 69.0 Å². The van der Waals surface area contributed by atoms with Crippen molar-refractivity contribution in [3.05, 3.63) is 29.2 Å². The molecule has 2 aliphatic carbocycles. The molecule has 6 rings (SSSR count). The van der Waals surface area contributed by atoms with E-state index in [1.807, 2.05) is 5.51 Å². The Labute approximate surface area is 177 Å². The average molecular weight is 429 g/mol. The molecule has 0 aromatic carbocycles. The van der Waals surface area contributed by atoms with E-state index in [1.54, 1.807) is 22.7 Å². The van der Waals surface area contributed by atoms with Gasteiger partial charge in [0.25, 0.3) is 0 Å². The van der Waals surface area contributed by atoms with Gasteiger partial charge in [0, 0.05) is 19.7 Å². The molecular formula is C20H24N6OS2. The summed E-state index contributed by atoms with van der Waals surface area (Å²) < 4.78 is 8.56. The van der Waals surface area contributed by atoms with Crippen LogP contribution in [0, 0.1) is 17.8 Å². The number of rotatable bonds is 6. The molecule has 0 radical (unpaired) electrons. The van der Waals surface area contributed by atoms with Gasteiger partial charge >= 0.3 is 0 Å². The summed E-state index contributed by atoms with van der Waals surface area (Å²) in [6, 6.07) is 4.42. The highest BCUT2D eigenvalue weighted by molar-refractivity contribution is 7.13. The molecular weight excluding hydrogens is 404 g/mol. The van der Waals surface area contributed by atoms with Gasteiger partial charge in [-0.2, -0.15) is 0 Å². The lowest BCUT2D eigenvalue weighted by Crippen LogP contribution is -2.38. The van der Waals surface area contributed by atoms with Gasteiger partial charge in [-0.1, -0.05) is 22.6 Å². The number of hydrogen-bond acceptors (Lipinski definition) is 8. The van der Waals surface area contributed by atoms with Gasteiger partial charge in [-0.25, -0.2) is 4.68 Å². The molecule has 3 aromatic heterocycles. The summed E-state index contributed by atoms with van der Waals surface area (Å²) in [7, 11) is 0. The highest BCUT2D eigenvalue weighted by Crippen LogP contribution is 2.44. The summed E-state index contributed by atoms with van der Waals surface area (Å²) in [4.78, 5) is 3.58. The number of anilines is 1. The maximum absolute atomic E-state index is 6.48. The predicted molar refractivity (Wildman–Crippen MR) is 113 cm³/mol. The van der Waals surface area contributed by atoms with E-state index in [0.717, 1.165) is 49.3 Å². The van der Waals surface area contributed by atoms with Crippen LogP contribution in [0.2, 0.25) is 0 Å². The van der Waals surface area contributed by atoms with E-state index < -0.39 is 0 Å². The Morgan fingerprint density at radius 2 is 2.00 bits per heavy atom. The van der Waals surface area contributed by atoms with Crippen LogP contribution in [0.5, 0.6) is 0 Å². The van der Waals surface area contributed by atoms with Crippen molar-refractivity contribution in [3.63, 3.8) is 0 Å². The van der Waals surface area contributed by atoms with E-state index in [4.69, 9.17) is 4.74 Å². The van der Waals surface area contributed by atoms with Gasteiger partial charge in [0.2, 0.25) is 5.13 Å². The molecule has 3 aliphatic rings. The van der Waals surface area contributed by atoms with Gasteiger partial charge in [0.15, 0.2) is 0 Å². The Bertz CT molecular complexity index is 938. The summed E-state index contributed by atoms with van der Waals surface area (Å²) in [5.41, 5.74) is 2.79. The first-order chi connectivity index (χ1) is 14.3. The maximum Gasteiger partial charge on any atom is 0.208 e. The Hall–Kier alpha value is -1.84. The second-order valence-electron chi connectivity index (χ2n) is 8.56. The number of nitrogens with zero attached hydrogens (tertiary/aromatic N) is 6. The van der Waals surface area contributed by atoms with Gasteiger partial charge in [-0.05, 0) is 54.9 Å². The van der Waals surface area contributed by atoms with Crippen molar-refractivity contribution in [2.75, 3.05) is 24.6 Å². The second-order valence-corrected chi connectivity index (χ2v) is 10.3. The zero-order valence-electron chi connectivity index (χ0n) is 16.1. The van der Waals surface area contributed by atoms with Gasteiger partial charge in [-0.15, -0.1) is 26.6 Å². The molecule has 3 aromatic rings. The molecule has 9 heteroatoms. The van der Waals surface area contributed by atoms with Crippen molar-refractivity contribution in [1.29, 1.82) is 0 Å². The number of fused-ring (bicyclic) bond motifs is 1. The molecule has 1 saturated heterocycles. The largest absolute Gasteiger partial charge is 0.376 e. The second kappa shape index (κ2) is 7.45. The lowest BCUT2D eigenvalue weighted by molar-refractivity contribution is -0.0375. The zero-order chi connectivity index (χ0) is 19.2. The Morgan fingerprint density at radius 1 is 1.10 bits per heavy atom. The predicted octanol–water partition coefficient (Wildman–Crippen LogP) is 3.74. The average Bonchev–Trinajstić information content (AvgIpc) is 3.27. The van der Waals surface area contributed by atoms with E-state index in [2.05, 4.69) is 53.8 Å². The maximum atomic E-state index is 6.48. The Kier molecular flexibility index (Phi) is 4.61. The van der Waals surface area contributed by atoms with E-state index in [9.17, 15) is 0 Å². The molecule has 4 atom stereocenters. The van der Waals surface area contributed by atoms with Gasteiger partial charge in [0.1, 0.15) is 11.2 Å². The fraction of sp³-hybridized carbons (Fsp3) is 0.600. The van der Waals surface area contributed by atoms with Gasteiger partial charge < -0.3 is 9.64 Å². The molecule has 0 amide bonds. The van der Waals surface area contributed by atoms with Crippen molar-refractivity contribution in [2.24, 2.45) is 17.8 Å². The van der Waals surface area contributed by atoms with E-state index in [0.29, 0.717) is 11.8 Å². The standard InChI is InChI=1S/C20H24N6OS2/c1-2-19(28-5-1)16-10-26(24-22-16)17-6-14-8-25(20-23-21-12-29-20)9-15(14)7-18(17)27-11-13-3-4-13/h1-2,5,10,12-15,17-18H,3-4,6-9,11H2/t14-,15+,17-,18-/m1/s1. The van der Waals surface area contributed by atoms with Crippen molar-refractivity contribution in [2.45, 2.75) is 37.8 Å². The summed E-state index contributed by atoms with van der Waals surface area (Å²) in [5, 5.41) is 20.4. The van der Waals surface area contributed by atoms with E-state index in [1.165, 1.54) is 17.7 Å². The molecule has 2 saturated carbocycles. The minimum atomic E-state index is 0.212. The third-order valence-corrected chi connectivity index (χ3v) is 8.21. The van der Waals surface area contributed by atoms with Crippen LogP contribution in [0.25, 0.3) is 10.6 Å². The fourth-order valence-electron chi connectivity index (χ4n) is 4.83. The minimum absolute atomic E-state index is 0.212. The third kappa shape index (κ3) is 3.60. The summed E-state index contributed by atoms with van der Waals surface area (Å²) >= 11 is 3.34. The highest BCUT2D eigenvalue weighted by Gasteiger charge is 2.45. The molecule has 0 bridgehead atoms. The summed E-state index contributed by atoms with van der Waals surface area (Å²) in [5.74, 6) is 2.06. The summed E-state index contributed by atoms with van der Waals surface area (Å²) in [6.07, 6.45) is 7.14. The van der Waals surface area contributed by atoms with Crippen LogP contribution in [-0.2, 0) is 4.74 Å². The summed E-state index contributed by atoms with van der Waals surface area (Å²) in [6.45, 7) is 3.01. The first-order valence-electron chi connectivity index (χ1n) is 10.4. The highest BCUT2D eigenvalue weighted by atomic mass is 32.1. The molecule has 0 spiro atoms. The van der Waals surface area contributed by atoms with Crippen molar-refractivity contribution in [3.8, 4) is 10.6 Å². The third-order valence-electron chi connectivity index (χ3n) is 6.57. The zero-order valence-corrected chi connectivity index (χ0v) is 17.8. The number of hydrogen-bond donors (Lipinski definition) is 0. The SMILES string of the molecule is c1csc(-c2cn([C@@H]3C[C@@H]4CN(c5nncs5)C[C@@H]4C[C@H]3OCC3CC3)nn2)c1. The Morgan fingerprint density at radius 3 is 2.76 bits per heavy atom. The van der Waals surface area contributed by atoms with Crippen molar-refractivity contribution in [1.82, 2.24) is 25.2 Å². The minimum Gasteiger partial charge on any atom is -0.376 e. The van der Waals surface area contributed by atoms with E-state index >= 15 is 0 Å². The van der Waals surface area contributed by atoms with Crippen LogP contribution in [0.3, 0.4) is 0 Å². The normalized spacial score (nSPS) is 29.3. The lowest BCUT2D eigenvalue weighted by atomic mass is 9.77. The van der Waals surface area contributed by atoms with Crippen LogP contribution >= 0.6 is 22.7 Å².